The lowest BCUT2D eigenvalue weighted by molar-refractivity contribution is 0.102. The van der Waals surface area contributed by atoms with Crippen molar-refractivity contribution in [1.82, 2.24) is 0 Å². The largest absolute Gasteiger partial charge is 0.322 e. The maximum absolute atomic E-state index is 12.6. The summed E-state index contributed by atoms with van der Waals surface area (Å²) in [4.78, 5) is 12.3. The van der Waals surface area contributed by atoms with E-state index in [0.29, 0.717) is 11.3 Å². The zero-order chi connectivity index (χ0) is 21.2. The third-order valence-electron chi connectivity index (χ3n) is 4.21. The molecule has 0 saturated heterocycles. The molecule has 150 valence electrons. The predicted octanol–water partition coefficient (Wildman–Crippen LogP) is 5.66. The Labute approximate surface area is 179 Å². The number of hydrogen-bond acceptors (Lipinski definition) is 3. The molecule has 0 spiro atoms. The molecule has 0 aromatic heterocycles. The molecule has 0 aliphatic carbocycles. The van der Waals surface area contributed by atoms with E-state index in [1.165, 1.54) is 42.5 Å². The summed E-state index contributed by atoms with van der Waals surface area (Å²) in [6, 6.07) is 16.0. The number of anilines is 2. The Morgan fingerprint density at radius 3 is 2.24 bits per heavy atom. The van der Waals surface area contributed by atoms with Crippen LogP contribution in [0.4, 0.5) is 11.4 Å². The highest BCUT2D eigenvalue weighted by Gasteiger charge is 2.19. The summed E-state index contributed by atoms with van der Waals surface area (Å²) in [6.07, 6.45) is 0. The number of halogens is 2. The van der Waals surface area contributed by atoms with E-state index >= 15 is 0 Å². The van der Waals surface area contributed by atoms with Crippen LogP contribution in [0.1, 0.15) is 21.5 Å². The van der Waals surface area contributed by atoms with Crippen LogP contribution in [0.2, 0.25) is 10.0 Å². The highest BCUT2D eigenvalue weighted by molar-refractivity contribution is 7.92. The van der Waals surface area contributed by atoms with Gasteiger partial charge in [-0.3, -0.25) is 9.52 Å². The number of nitrogens with one attached hydrogen (secondary N) is 2. The normalized spacial score (nSPS) is 11.2. The van der Waals surface area contributed by atoms with Gasteiger partial charge in [-0.05, 0) is 67.9 Å². The number of hydrogen-bond donors (Lipinski definition) is 2. The molecule has 0 aliphatic rings. The minimum Gasteiger partial charge on any atom is -0.322 e. The molecule has 3 aromatic carbocycles. The minimum absolute atomic E-state index is 0.0614. The molecule has 0 unspecified atom stereocenters. The Morgan fingerprint density at radius 2 is 1.59 bits per heavy atom. The monoisotopic (exact) mass is 448 g/mol. The molecule has 0 radical (unpaired) electrons. The molecule has 2 N–H and O–H groups in total. The Bertz CT molecular complexity index is 1180. The molecule has 3 aromatic rings. The number of amides is 1. The fourth-order valence-electron chi connectivity index (χ4n) is 2.73. The maximum Gasteiger partial charge on any atom is 0.263 e. The van der Waals surface area contributed by atoms with Crippen LogP contribution in [0.5, 0.6) is 0 Å². The van der Waals surface area contributed by atoms with Crippen molar-refractivity contribution in [2.45, 2.75) is 18.7 Å². The third kappa shape index (κ3) is 5.09. The lowest BCUT2D eigenvalue weighted by Crippen LogP contribution is -2.15. The van der Waals surface area contributed by atoms with Crippen molar-refractivity contribution < 1.29 is 13.2 Å². The number of carbonyl (C=O) groups is 1. The zero-order valence-electron chi connectivity index (χ0n) is 15.7. The molecule has 0 saturated carbocycles. The van der Waals surface area contributed by atoms with E-state index in [9.17, 15) is 13.2 Å². The van der Waals surface area contributed by atoms with Gasteiger partial charge in [-0.15, -0.1) is 0 Å². The van der Waals surface area contributed by atoms with E-state index in [1.807, 2.05) is 32.0 Å². The summed E-state index contributed by atoms with van der Waals surface area (Å²) in [5.41, 5.74) is 3.48. The number of aryl methyl sites for hydroxylation is 2. The van der Waals surface area contributed by atoms with E-state index in [0.717, 1.165) is 16.8 Å². The molecule has 5 nitrogen and oxygen atoms in total. The molecular weight excluding hydrogens is 431 g/mol. The first-order valence-electron chi connectivity index (χ1n) is 8.62. The highest BCUT2D eigenvalue weighted by Crippen LogP contribution is 2.27. The van der Waals surface area contributed by atoms with Gasteiger partial charge in [0, 0.05) is 22.0 Å². The minimum atomic E-state index is -3.92. The van der Waals surface area contributed by atoms with Gasteiger partial charge in [-0.1, -0.05) is 40.9 Å². The Balaban J connectivity index is 1.76. The van der Waals surface area contributed by atoms with Gasteiger partial charge in [-0.2, -0.15) is 0 Å². The highest BCUT2D eigenvalue weighted by atomic mass is 35.5. The maximum atomic E-state index is 12.6. The number of sulfonamides is 1. The van der Waals surface area contributed by atoms with Crippen molar-refractivity contribution in [1.29, 1.82) is 0 Å². The Kier molecular flexibility index (Phi) is 6.17. The van der Waals surface area contributed by atoms with Crippen LogP contribution in [0.3, 0.4) is 0 Å². The lowest BCUT2D eigenvalue weighted by atomic mass is 10.1. The van der Waals surface area contributed by atoms with Crippen molar-refractivity contribution in [2.24, 2.45) is 0 Å². The summed E-state index contributed by atoms with van der Waals surface area (Å²) in [6.45, 7) is 3.90. The van der Waals surface area contributed by atoms with E-state index < -0.39 is 10.0 Å². The number of carbonyl (C=O) groups excluding carboxylic acids is 1. The van der Waals surface area contributed by atoms with Gasteiger partial charge in [0.05, 0.1) is 5.02 Å². The smallest absolute Gasteiger partial charge is 0.263 e. The summed E-state index contributed by atoms with van der Waals surface area (Å²) in [7, 11) is -3.92. The molecule has 29 heavy (non-hydrogen) atoms. The molecule has 0 bridgehead atoms. The topological polar surface area (TPSA) is 75.3 Å². The molecule has 1 amide bonds. The van der Waals surface area contributed by atoms with Gasteiger partial charge in [0.2, 0.25) is 0 Å². The molecule has 8 heteroatoms. The summed E-state index contributed by atoms with van der Waals surface area (Å²) >= 11 is 11.9. The first kappa shape index (κ1) is 21.2. The predicted molar refractivity (Wildman–Crippen MR) is 118 cm³/mol. The molecule has 3 rings (SSSR count). The average Bonchev–Trinajstić information content (AvgIpc) is 2.66. The summed E-state index contributed by atoms with van der Waals surface area (Å²) < 4.78 is 27.6. The van der Waals surface area contributed by atoms with Crippen molar-refractivity contribution in [3.05, 3.63) is 87.4 Å². The van der Waals surface area contributed by atoms with Gasteiger partial charge < -0.3 is 5.32 Å². The van der Waals surface area contributed by atoms with Crippen LogP contribution < -0.4 is 10.0 Å². The van der Waals surface area contributed by atoms with E-state index in [2.05, 4.69) is 10.0 Å². The number of rotatable bonds is 5. The standard InChI is InChI=1S/C21H18Cl2N2O3S/c1-13-3-10-19(14(2)11-13)24-21(26)15-4-7-17(8-5-15)25-29(27,28)20-12-16(22)6-9-18(20)23/h3-12,25H,1-2H3,(H,24,26). The molecule has 0 aliphatic heterocycles. The van der Waals surface area contributed by atoms with E-state index in [-0.39, 0.29) is 20.8 Å². The van der Waals surface area contributed by atoms with Crippen LogP contribution in [0.15, 0.2) is 65.6 Å². The first-order valence-corrected chi connectivity index (χ1v) is 10.9. The van der Waals surface area contributed by atoms with Crippen LogP contribution >= 0.6 is 23.2 Å². The average molecular weight is 449 g/mol. The van der Waals surface area contributed by atoms with Gasteiger partial charge in [0.25, 0.3) is 15.9 Å². The van der Waals surface area contributed by atoms with Crippen molar-refractivity contribution in [3.8, 4) is 0 Å². The first-order chi connectivity index (χ1) is 13.7. The molecule has 0 fully saturated rings. The van der Waals surface area contributed by atoms with Crippen LogP contribution in [-0.4, -0.2) is 14.3 Å². The lowest BCUT2D eigenvalue weighted by Gasteiger charge is -2.11. The second-order valence-electron chi connectivity index (χ2n) is 6.53. The van der Waals surface area contributed by atoms with Gasteiger partial charge in [-0.25, -0.2) is 8.42 Å². The van der Waals surface area contributed by atoms with Crippen LogP contribution in [-0.2, 0) is 10.0 Å². The van der Waals surface area contributed by atoms with Gasteiger partial charge in [0.1, 0.15) is 4.90 Å². The third-order valence-corrected chi connectivity index (χ3v) is 6.31. The van der Waals surface area contributed by atoms with Crippen molar-refractivity contribution in [2.75, 3.05) is 10.0 Å². The quantitative estimate of drug-likeness (QED) is 0.528. The van der Waals surface area contributed by atoms with Crippen molar-refractivity contribution in [3.63, 3.8) is 0 Å². The van der Waals surface area contributed by atoms with E-state index in [4.69, 9.17) is 23.2 Å². The molecule has 0 heterocycles. The van der Waals surface area contributed by atoms with Crippen molar-refractivity contribution >= 4 is 50.5 Å². The Morgan fingerprint density at radius 1 is 0.897 bits per heavy atom. The van der Waals surface area contributed by atoms with E-state index in [1.54, 1.807) is 0 Å². The molecular formula is C21H18Cl2N2O3S. The van der Waals surface area contributed by atoms with Crippen LogP contribution in [0.25, 0.3) is 0 Å². The fraction of sp³-hybridized carbons (Fsp3) is 0.0952. The second kappa shape index (κ2) is 8.45. The molecule has 0 atom stereocenters. The van der Waals surface area contributed by atoms with Gasteiger partial charge in [0.15, 0.2) is 0 Å². The Hall–Kier alpha value is -2.54. The second-order valence-corrected chi connectivity index (χ2v) is 9.02. The van der Waals surface area contributed by atoms with Crippen LogP contribution in [0, 0.1) is 13.8 Å². The fourth-order valence-corrected chi connectivity index (χ4v) is 4.55. The zero-order valence-corrected chi connectivity index (χ0v) is 18.0. The number of benzene rings is 3. The van der Waals surface area contributed by atoms with Gasteiger partial charge >= 0.3 is 0 Å². The SMILES string of the molecule is Cc1ccc(NC(=O)c2ccc(NS(=O)(=O)c3cc(Cl)ccc3Cl)cc2)c(C)c1. The summed E-state index contributed by atoms with van der Waals surface area (Å²) in [5, 5.41) is 3.17. The summed E-state index contributed by atoms with van der Waals surface area (Å²) in [5.74, 6) is -0.288.